The molecule has 20 heavy (non-hydrogen) atoms. The molecule has 0 saturated heterocycles. The Bertz CT molecular complexity index is 608. The van der Waals surface area contributed by atoms with Gasteiger partial charge in [-0.15, -0.1) is 0 Å². The van der Waals surface area contributed by atoms with Gasteiger partial charge in [0.05, 0.1) is 0 Å². The SMILES string of the molecule is Cc1ccc(C(C)NCc2cc(C)n(C)c2C)c(C)c1. The molecule has 1 unspecified atom stereocenters. The van der Waals surface area contributed by atoms with Crippen LogP contribution in [-0.4, -0.2) is 4.57 Å². The first-order chi connectivity index (χ1) is 9.40. The molecule has 0 radical (unpaired) electrons. The highest BCUT2D eigenvalue weighted by Gasteiger charge is 2.10. The minimum Gasteiger partial charge on any atom is -0.352 e. The van der Waals surface area contributed by atoms with E-state index in [0.29, 0.717) is 6.04 Å². The Labute approximate surface area is 122 Å². The second kappa shape index (κ2) is 5.84. The first-order valence-electron chi connectivity index (χ1n) is 7.32. The minimum absolute atomic E-state index is 0.371. The van der Waals surface area contributed by atoms with Crippen molar-refractivity contribution in [3.05, 3.63) is 57.9 Å². The lowest BCUT2D eigenvalue weighted by Crippen LogP contribution is -2.19. The van der Waals surface area contributed by atoms with Crippen LogP contribution in [0.15, 0.2) is 24.3 Å². The number of aryl methyl sites for hydroxylation is 3. The summed E-state index contributed by atoms with van der Waals surface area (Å²) >= 11 is 0. The van der Waals surface area contributed by atoms with Gasteiger partial charge in [0.25, 0.3) is 0 Å². The maximum Gasteiger partial charge on any atom is 0.0297 e. The fourth-order valence-electron chi connectivity index (χ4n) is 2.80. The van der Waals surface area contributed by atoms with E-state index in [2.05, 4.69) is 75.8 Å². The van der Waals surface area contributed by atoms with Crippen molar-refractivity contribution in [2.45, 2.75) is 47.2 Å². The summed E-state index contributed by atoms with van der Waals surface area (Å²) in [6.45, 7) is 11.8. The number of aromatic nitrogens is 1. The summed E-state index contributed by atoms with van der Waals surface area (Å²) in [5.74, 6) is 0. The molecule has 1 aromatic heterocycles. The Kier molecular flexibility index (Phi) is 4.34. The van der Waals surface area contributed by atoms with Gasteiger partial charge in [-0.1, -0.05) is 23.8 Å². The summed E-state index contributed by atoms with van der Waals surface area (Å²) in [6, 6.07) is 9.34. The van der Waals surface area contributed by atoms with Crippen LogP contribution in [0.5, 0.6) is 0 Å². The maximum atomic E-state index is 3.64. The minimum atomic E-state index is 0.371. The monoisotopic (exact) mass is 270 g/mol. The van der Waals surface area contributed by atoms with E-state index < -0.39 is 0 Å². The molecule has 2 nitrogen and oxygen atoms in total. The lowest BCUT2D eigenvalue weighted by Gasteiger charge is -2.17. The molecule has 0 bridgehead atoms. The summed E-state index contributed by atoms with van der Waals surface area (Å²) in [5, 5.41) is 3.64. The zero-order valence-electron chi connectivity index (χ0n) is 13.5. The normalized spacial score (nSPS) is 12.7. The van der Waals surface area contributed by atoms with Crippen molar-refractivity contribution < 1.29 is 0 Å². The fraction of sp³-hybridized carbons (Fsp3) is 0.444. The molecular weight excluding hydrogens is 244 g/mol. The second-order valence-corrected chi connectivity index (χ2v) is 5.92. The number of benzene rings is 1. The van der Waals surface area contributed by atoms with E-state index in [9.17, 15) is 0 Å². The van der Waals surface area contributed by atoms with E-state index in [4.69, 9.17) is 0 Å². The van der Waals surface area contributed by atoms with Crippen molar-refractivity contribution in [2.75, 3.05) is 0 Å². The largest absolute Gasteiger partial charge is 0.352 e. The summed E-state index contributed by atoms with van der Waals surface area (Å²) in [5.41, 5.74) is 8.14. The van der Waals surface area contributed by atoms with Crippen molar-refractivity contribution in [1.82, 2.24) is 9.88 Å². The Morgan fingerprint density at radius 3 is 2.35 bits per heavy atom. The maximum absolute atomic E-state index is 3.64. The van der Waals surface area contributed by atoms with E-state index in [1.165, 1.54) is 33.6 Å². The molecule has 1 aromatic carbocycles. The van der Waals surface area contributed by atoms with Crippen LogP contribution in [0.1, 0.15) is 46.6 Å². The first-order valence-corrected chi connectivity index (χ1v) is 7.32. The number of hydrogen-bond acceptors (Lipinski definition) is 1. The Morgan fingerprint density at radius 1 is 1.10 bits per heavy atom. The van der Waals surface area contributed by atoms with Crippen molar-refractivity contribution in [2.24, 2.45) is 7.05 Å². The zero-order valence-corrected chi connectivity index (χ0v) is 13.5. The van der Waals surface area contributed by atoms with E-state index in [1.807, 2.05) is 0 Å². The van der Waals surface area contributed by atoms with Crippen LogP contribution < -0.4 is 5.32 Å². The number of hydrogen-bond donors (Lipinski definition) is 1. The number of nitrogens with zero attached hydrogens (tertiary/aromatic N) is 1. The second-order valence-electron chi connectivity index (χ2n) is 5.92. The van der Waals surface area contributed by atoms with E-state index in [-0.39, 0.29) is 0 Å². The summed E-state index contributed by atoms with van der Waals surface area (Å²) < 4.78 is 2.25. The average molecular weight is 270 g/mol. The van der Waals surface area contributed by atoms with Crippen LogP contribution in [0, 0.1) is 27.7 Å². The average Bonchev–Trinajstić information content (AvgIpc) is 2.63. The van der Waals surface area contributed by atoms with Gasteiger partial charge in [-0.3, -0.25) is 0 Å². The van der Waals surface area contributed by atoms with Crippen molar-refractivity contribution in [3.63, 3.8) is 0 Å². The van der Waals surface area contributed by atoms with Crippen molar-refractivity contribution in [3.8, 4) is 0 Å². The highest BCUT2D eigenvalue weighted by atomic mass is 15.0. The van der Waals surface area contributed by atoms with Crippen LogP contribution >= 0.6 is 0 Å². The van der Waals surface area contributed by atoms with Gasteiger partial charge in [0.15, 0.2) is 0 Å². The molecular formula is C18H26N2. The van der Waals surface area contributed by atoms with E-state index in [0.717, 1.165) is 6.54 Å². The third-order valence-electron chi connectivity index (χ3n) is 4.37. The van der Waals surface area contributed by atoms with E-state index >= 15 is 0 Å². The van der Waals surface area contributed by atoms with Gasteiger partial charge in [-0.25, -0.2) is 0 Å². The van der Waals surface area contributed by atoms with Gasteiger partial charge in [-0.2, -0.15) is 0 Å². The first kappa shape index (κ1) is 14.9. The number of nitrogens with one attached hydrogen (secondary N) is 1. The highest BCUT2D eigenvalue weighted by Crippen LogP contribution is 2.20. The molecule has 2 heteroatoms. The van der Waals surface area contributed by atoms with E-state index in [1.54, 1.807) is 0 Å². The highest BCUT2D eigenvalue weighted by molar-refractivity contribution is 5.33. The quantitative estimate of drug-likeness (QED) is 0.884. The molecule has 0 fully saturated rings. The topological polar surface area (TPSA) is 17.0 Å². The van der Waals surface area contributed by atoms with Gasteiger partial charge in [0, 0.05) is 31.0 Å². The predicted octanol–water partition coefficient (Wildman–Crippen LogP) is 4.11. The standard InChI is InChI=1S/C18H26N2/c1-12-7-8-18(13(2)9-12)15(4)19-11-17-10-14(3)20(6)16(17)5/h7-10,15,19H,11H2,1-6H3. The Hall–Kier alpha value is -1.54. The van der Waals surface area contributed by atoms with Crippen LogP contribution in [0.25, 0.3) is 0 Å². The van der Waals surface area contributed by atoms with Crippen LogP contribution in [0.3, 0.4) is 0 Å². The molecule has 0 spiro atoms. The molecule has 1 atom stereocenters. The molecule has 0 saturated carbocycles. The lowest BCUT2D eigenvalue weighted by atomic mass is 10.00. The van der Waals surface area contributed by atoms with Crippen molar-refractivity contribution in [1.29, 1.82) is 0 Å². The van der Waals surface area contributed by atoms with Crippen LogP contribution in [0.2, 0.25) is 0 Å². The summed E-state index contributed by atoms with van der Waals surface area (Å²) in [7, 11) is 2.13. The zero-order chi connectivity index (χ0) is 14.9. The van der Waals surface area contributed by atoms with Gasteiger partial charge >= 0.3 is 0 Å². The van der Waals surface area contributed by atoms with Crippen LogP contribution in [-0.2, 0) is 13.6 Å². The van der Waals surface area contributed by atoms with Gasteiger partial charge < -0.3 is 9.88 Å². The summed E-state index contributed by atoms with van der Waals surface area (Å²) in [6.07, 6.45) is 0. The predicted molar refractivity (Wildman–Crippen MR) is 86.1 cm³/mol. The molecule has 0 amide bonds. The molecule has 0 aliphatic rings. The smallest absolute Gasteiger partial charge is 0.0297 e. The molecule has 0 aliphatic carbocycles. The van der Waals surface area contributed by atoms with Crippen molar-refractivity contribution >= 4 is 0 Å². The molecule has 2 rings (SSSR count). The van der Waals surface area contributed by atoms with Gasteiger partial charge in [0.2, 0.25) is 0 Å². The molecule has 1 heterocycles. The lowest BCUT2D eigenvalue weighted by molar-refractivity contribution is 0.570. The van der Waals surface area contributed by atoms with Gasteiger partial charge in [0.1, 0.15) is 0 Å². The Morgan fingerprint density at radius 2 is 1.80 bits per heavy atom. The molecule has 1 N–H and O–H groups in total. The summed E-state index contributed by atoms with van der Waals surface area (Å²) in [4.78, 5) is 0. The Balaban J connectivity index is 2.08. The molecule has 108 valence electrons. The van der Waals surface area contributed by atoms with Gasteiger partial charge in [-0.05, 0) is 57.4 Å². The molecule has 0 aliphatic heterocycles. The molecule has 2 aromatic rings. The third kappa shape index (κ3) is 2.96. The number of rotatable bonds is 4. The fourth-order valence-corrected chi connectivity index (χ4v) is 2.80. The third-order valence-corrected chi connectivity index (χ3v) is 4.37. The van der Waals surface area contributed by atoms with Crippen LogP contribution in [0.4, 0.5) is 0 Å².